The predicted molar refractivity (Wildman–Crippen MR) is 66.7 cm³/mol. The van der Waals surface area contributed by atoms with Gasteiger partial charge in [0.1, 0.15) is 11.1 Å². The smallest absolute Gasteiger partial charge is 0.420 e. The standard InChI is InChI=1S/C12H8F6O5S/c1-5(2)10(19)23-9-7(11(13,14)15)3-6(24(20,21)22)4-8(9)12(16,17)18/h3-4H,1H2,2H3,(H,20,21,22). The molecule has 0 aliphatic rings. The number of esters is 1. The summed E-state index contributed by atoms with van der Waals surface area (Å²) in [7, 11) is -5.39. The highest BCUT2D eigenvalue weighted by molar-refractivity contribution is 7.85. The van der Waals surface area contributed by atoms with E-state index in [4.69, 9.17) is 4.55 Å². The number of carbonyl (C=O) groups is 1. The molecule has 24 heavy (non-hydrogen) atoms. The molecule has 0 aromatic heterocycles. The molecule has 5 nitrogen and oxygen atoms in total. The minimum atomic E-state index is -5.51. The van der Waals surface area contributed by atoms with Gasteiger partial charge in [-0.2, -0.15) is 34.8 Å². The van der Waals surface area contributed by atoms with Crippen LogP contribution in [0.4, 0.5) is 26.3 Å². The molecule has 1 aromatic carbocycles. The largest absolute Gasteiger partial charge is 0.422 e. The summed E-state index contributed by atoms with van der Waals surface area (Å²) in [4.78, 5) is 9.67. The van der Waals surface area contributed by atoms with Gasteiger partial charge in [0.05, 0.1) is 4.90 Å². The van der Waals surface area contributed by atoms with Gasteiger partial charge in [-0.05, 0) is 19.1 Å². The average molecular weight is 378 g/mol. The Balaban J connectivity index is 3.88. The summed E-state index contributed by atoms with van der Waals surface area (Å²) in [6.45, 7) is 4.00. The first kappa shape index (κ1) is 20.0. The number of alkyl halides is 6. The van der Waals surface area contributed by atoms with E-state index >= 15 is 0 Å². The first-order valence-electron chi connectivity index (χ1n) is 5.72. The average Bonchev–Trinajstić information content (AvgIpc) is 2.34. The molecule has 0 amide bonds. The quantitative estimate of drug-likeness (QED) is 0.287. The summed E-state index contributed by atoms with van der Waals surface area (Å²) in [6.07, 6.45) is -11.0. The lowest BCUT2D eigenvalue weighted by Gasteiger charge is -2.19. The van der Waals surface area contributed by atoms with E-state index in [0.29, 0.717) is 0 Å². The van der Waals surface area contributed by atoms with Crippen LogP contribution in [0.1, 0.15) is 18.1 Å². The summed E-state index contributed by atoms with van der Waals surface area (Å²) in [5.74, 6) is -3.51. The van der Waals surface area contributed by atoms with Crippen LogP contribution in [-0.2, 0) is 27.3 Å². The van der Waals surface area contributed by atoms with Gasteiger partial charge in [0.15, 0.2) is 5.75 Å². The van der Waals surface area contributed by atoms with Crippen LogP contribution < -0.4 is 4.74 Å². The third-order valence-electron chi connectivity index (χ3n) is 2.51. The van der Waals surface area contributed by atoms with Crippen molar-refractivity contribution in [3.63, 3.8) is 0 Å². The lowest BCUT2D eigenvalue weighted by atomic mass is 10.1. The van der Waals surface area contributed by atoms with E-state index in [1.54, 1.807) is 0 Å². The first-order chi connectivity index (χ1) is 10.5. The van der Waals surface area contributed by atoms with Crippen molar-refractivity contribution in [1.82, 2.24) is 0 Å². The van der Waals surface area contributed by atoms with Crippen molar-refractivity contribution < 1.29 is 48.8 Å². The van der Waals surface area contributed by atoms with Gasteiger partial charge in [-0.3, -0.25) is 4.55 Å². The fraction of sp³-hybridized carbons (Fsp3) is 0.250. The highest BCUT2D eigenvalue weighted by atomic mass is 32.2. The molecule has 0 unspecified atom stereocenters. The van der Waals surface area contributed by atoms with Crippen LogP contribution in [-0.4, -0.2) is 18.9 Å². The molecule has 0 aliphatic carbocycles. The third-order valence-corrected chi connectivity index (χ3v) is 3.35. The van der Waals surface area contributed by atoms with Crippen LogP contribution in [0, 0.1) is 0 Å². The van der Waals surface area contributed by atoms with Gasteiger partial charge in [0.2, 0.25) is 0 Å². The summed E-state index contributed by atoms with van der Waals surface area (Å²) >= 11 is 0. The van der Waals surface area contributed by atoms with Gasteiger partial charge in [-0.1, -0.05) is 6.58 Å². The second kappa shape index (κ2) is 6.09. The van der Waals surface area contributed by atoms with Crippen molar-refractivity contribution in [3.8, 4) is 5.75 Å². The Kier molecular flexibility index (Phi) is 5.07. The number of halogens is 6. The Morgan fingerprint density at radius 2 is 1.46 bits per heavy atom. The first-order valence-corrected chi connectivity index (χ1v) is 7.16. The van der Waals surface area contributed by atoms with E-state index in [0.717, 1.165) is 6.92 Å². The number of hydrogen-bond donors (Lipinski definition) is 1. The van der Waals surface area contributed by atoms with E-state index in [2.05, 4.69) is 11.3 Å². The lowest BCUT2D eigenvalue weighted by Crippen LogP contribution is -2.20. The maximum atomic E-state index is 13.0. The highest BCUT2D eigenvalue weighted by Crippen LogP contribution is 2.45. The topological polar surface area (TPSA) is 80.7 Å². The Morgan fingerprint density at radius 1 is 1.08 bits per heavy atom. The van der Waals surface area contributed by atoms with Crippen molar-refractivity contribution >= 4 is 16.1 Å². The lowest BCUT2D eigenvalue weighted by molar-refractivity contribution is -0.148. The summed E-state index contributed by atoms with van der Waals surface area (Å²) in [6, 6.07) is -0.544. The van der Waals surface area contributed by atoms with Crippen molar-refractivity contribution in [2.45, 2.75) is 24.2 Å². The van der Waals surface area contributed by atoms with Crippen molar-refractivity contribution in [2.75, 3.05) is 0 Å². The summed E-state index contributed by atoms with van der Waals surface area (Å²) in [5, 5.41) is 0. The van der Waals surface area contributed by atoms with Crippen LogP contribution >= 0.6 is 0 Å². The molecule has 0 saturated carbocycles. The number of hydrogen-bond acceptors (Lipinski definition) is 4. The fourth-order valence-electron chi connectivity index (χ4n) is 1.46. The molecule has 134 valence electrons. The minimum absolute atomic E-state index is 0.272. The Morgan fingerprint density at radius 3 is 1.71 bits per heavy atom. The summed E-state index contributed by atoms with van der Waals surface area (Å²) in [5.41, 5.74) is -4.88. The van der Waals surface area contributed by atoms with Gasteiger partial charge in [0, 0.05) is 5.57 Å². The SMILES string of the molecule is C=C(C)C(=O)Oc1c(C(F)(F)F)cc(S(=O)(=O)O)cc1C(F)(F)F. The van der Waals surface area contributed by atoms with E-state index in [-0.39, 0.29) is 12.1 Å². The zero-order valence-corrected chi connectivity index (χ0v) is 12.4. The van der Waals surface area contributed by atoms with Gasteiger partial charge in [0.25, 0.3) is 10.1 Å². The number of ether oxygens (including phenoxy) is 1. The van der Waals surface area contributed by atoms with E-state index in [1.807, 2.05) is 0 Å². The Hall–Kier alpha value is -2.08. The van der Waals surface area contributed by atoms with Gasteiger partial charge in [-0.15, -0.1) is 0 Å². The normalized spacial score (nSPS) is 12.8. The molecule has 0 bridgehead atoms. The Bertz CT molecular complexity index is 756. The number of rotatable bonds is 3. The maximum Gasteiger partial charge on any atom is 0.420 e. The molecule has 0 radical (unpaired) electrons. The van der Waals surface area contributed by atoms with Crippen LogP contribution in [0.25, 0.3) is 0 Å². The van der Waals surface area contributed by atoms with Gasteiger partial charge in [-0.25, -0.2) is 4.79 Å². The van der Waals surface area contributed by atoms with E-state index < -0.39 is 55.8 Å². The van der Waals surface area contributed by atoms with Crippen molar-refractivity contribution in [2.24, 2.45) is 0 Å². The molecule has 0 aliphatic heterocycles. The number of carbonyl (C=O) groups excluding carboxylic acids is 1. The predicted octanol–water partition coefficient (Wildman–Crippen LogP) is 3.45. The fourth-order valence-corrected chi connectivity index (χ4v) is 2.00. The maximum absolute atomic E-state index is 13.0. The van der Waals surface area contributed by atoms with Gasteiger partial charge >= 0.3 is 18.3 Å². The molecular weight excluding hydrogens is 370 g/mol. The molecule has 0 heterocycles. The number of benzene rings is 1. The molecule has 12 heteroatoms. The molecular formula is C12H8F6O5S. The third kappa shape index (κ3) is 4.47. The highest BCUT2D eigenvalue weighted by Gasteiger charge is 2.44. The zero-order valence-electron chi connectivity index (χ0n) is 11.6. The molecule has 1 N–H and O–H groups in total. The van der Waals surface area contributed by atoms with Gasteiger partial charge < -0.3 is 4.74 Å². The molecule has 0 saturated heterocycles. The Labute approximate surface area is 131 Å². The van der Waals surface area contributed by atoms with Crippen LogP contribution in [0.15, 0.2) is 29.2 Å². The second-order valence-electron chi connectivity index (χ2n) is 4.49. The molecule has 0 atom stereocenters. The van der Waals surface area contributed by atoms with Crippen LogP contribution in [0.5, 0.6) is 5.75 Å². The molecule has 1 aromatic rings. The molecule has 0 fully saturated rings. The van der Waals surface area contributed by atoms with E-state index in [1.165, 1.54) is 0 Å². The van der Waals surface area contributed by atoms with E-state index in [9.17, 15) is 39.6 Å². The zero-order chi connectivity index (χ0) is 19.1. The molecule has 0 spiro atoms. The monoisotopic (exact) mass is 378 g/mol. The van der Waals surface area contributed by atoms with Crippen molar-refractivity contribution in [3.05, 3.63) is 35.4 Å². The van der Waals surface area contributed by atoms with Crippen LogP contribution in [0.3, 0.4) is 0 Å². The molecule has 1 rings (SSSR count). The second-order valence-corrected chi connectivity index (χ2v) is 5.91. The minimum Gasteiger partial charge on any atom is -0.422 e. The van der Waals surface area contributed by atoms with Crippen LogP contribution in [0.2, 0.25) is 0 Å². The van der Waals surface area contributed by atoms with Crippen molar-refractivity contribution in [1.29, 1.82) is 0 Å². The summed E-state index contributed by atoms with van der Waals surface area (Å²) < 4.78 is 113.